The lowest BCUT2D eigenvalue weighted by Gasteiger charge is -2.21. The van der Waals surface area contributed by atoms with Gasteiger partial charge in [0.25, 0.3) is 0 Å². The van der Waals surface area contributed by atoms with E-state index in [1.165, 1.54) is 0 Å². The second-order valence-electron chi connectivity index (χ2n) is 5.62. The molecule has 142 valence electrons. The van der Waals surface area contributed by atoms with Crippen LogP contribution in [0.4, 0.5) is 0 Å². The molecule has 2 rings (SSSR count). The Balaban J connectivity index is 1.78. The highest BCUT2D eigenvalue weighted by molar-refractivity contribution is 4.91. The van der Waals surface area contributed by atoms with E-state index in [1.807, 2.05) is 0 Å². The summed E-state index contributed by atoms with van der Waals surface area (Å²) in [6, 6.07) is 0. The number of aliphatic hydroxyl groups excluding tert-OH is 8. The summed E-state index contributed by atoms with van der Waals surface area (Å²) < 4.78 is 9.76. The number of rotatable bonds is 7. The van der Waals surface area contributed by atoms with Crippen molar-refractivity contribution in [2.45, 2.75) is 61.4 Å². The van der Waals surface area contributed by atoms with Gasteiger partial charge in [0.1, 0.15) is 55.4 Å². The van der Waals surface area contributed by atoms with Crippen molar-refractivity contribution in [3.63, 3.8) is 0 Å². The second-order valence-corrected chi connectivity index (χ2v) is 5.62. The molecule has 12 heteroatoms. The van der Waals surface area contributed by atoms with Gasteiger partial charge in [-0.05, 0) is 0 Å². The minimum atomic E-state index is -1.66. The van der Waals surface area contributed by atoms with E-state index in [0.29, 0.717) is 0 Å². The predicted octanol–water partition coefficient (Wildman–Crippen LogP) is -5.47. The van der Waals surface area contributed by atoms with Gasteiger partial charge in [-0.25, -0.2) is 9.78 Å². The highest BCUT2D eigenvalue weighted by Gasteiger charge is 2.48. The number of hydrogen-bond donors (Lipinski definition) is 8. The van der Waals surface area contributed by atoms with Crippen molar-refractivity contribution in [2.75, 3.05) is 13.2 Å². The molecule has 10 unspecified atom stereocenters. The average Bonchev–Trinajstić information content (AvgIpc) is 2.99. The van der Waals surface area contributed by atoms with Gasteiger partial charge in [-0.3, -0.25) is 0 Å². The Morgan fingerprint density at radius 1 is 0.792 bits per heavy atom. The zero-order valence-corrected chi connectivity index (χ0v) is 12.4. The maximum atomic E-state index is 9.79. The molecule has 0 saturated carbocycles. The third kappa shape index (κ3) is 4.01. The minimum absolute atomic E-state index is 0.586. The lowest BCUT2D eigenvalue weighted by Crippen LogP contribution is -2.41. The molecule has 0 aromatic heterocycles. The van der Waals surface area contributed by atoms with Crippen molar-refractivity contribution in [1.82, 2.24) is 0 Å². The molecule has 12 nitrogen and oxygen atoms in total. The summed E-state index contributed by atoms with van der Waals surface area (Å²) in [5.41, 5.74) is 0. The standard InChI is InChI=1S/C12H22O12/c13-1-3(14)9-6(17)8(19)12(23-9)24-21-2-4(15)10-5(16)7(18)11(20)22-10/h3-20H,1-2H2. The first kappa shape index (κ1) is 19.8. The second kappa shape index (κ2) is 8.27. The Kier molecular flexibility index (Phi) is 6.83. The Hall–Kier alpha value is -0.480. The first-order chi connectivity index (χ1) is 11.3. The summed E-state index contributed by atoms with van der Waals surface area (Å²) >= 11 is 0. The highest BCUT2D eigenvalue weighted by Crippen LogP contribution is 2.26. The van der Waals surface area contributed by atoms with E-state index in [2.05, 4.69) is 9.78 Å². The van der Waals surface area contributed by atoms with Gasteiger partial charge in [-0.15, -0.1) is 0 Å². The zero-order valence-electron chi connectivity index (χ0n) is 12.4. The molecule has 2 heterocycles. The van der Waals surface area contributed by atoms with Gasteiger partial charge < -0.3 is 50.3 Å². The zero-order chi connectivity index (χ0) is 18.0. The van der Waals surface area contributed by atoms with Crippen LogP contribution in [0.15, 0.2) is 0 Å². The van der Waals surface area contributed by atoms with Gasteiger partial charge in [0.15, 0.2) is 6.29 Å². The van der Waals surface area contributed by atoms with Crippen molar-refractivity contribution in [3.05, 3.63) is 0 Å². The van der Waals surface area contributed by atoms with E-state index >= 15 is 0 Å². The van der Waals surface area contributed by atoms with Gasteiger partial charge in [0.05, 0.1) is 6.61 Å². The maximum absolute atomic E-state index is 9.79. The van der Waals surface area contributed by atoms with Crippen LogP contribution < -0.4 is 0 Å². The van der Waals surface area contributed by atoms with E-state index in [-0.39, 0.29) is 0 Å². The van der Waals surface area contributed by atoms with E-state index in [0.717, 1.165) is 0 Å². The Bertz CT molecular complexity index is 396. The predicted molar refractivity (Wildman–Crippen MR) is 69.7 cm³/mol. The van der Waals surface area contributed by atoms with Crippen molar-refractivity contribution in [1.29, 1.82) is 0 Å². The highest BCUT2D eigenvalue weighted by atomic mass is 17.2. The molecule has 2 aliphatic rings. The molecule has 0 amide bonds. The Morgan fingerprint density at radius 2 is 1.38 bits per heavy atom. The molecule has 10 atom stereocenters. The smallest absolute Gasteiger partial charge is 0.220 e. The number of hydrogen-bond acceptors (Lipinski definition) is 12. The van der Waals surface area contributed by atoms with Crippen LogP contribution in [0.3, 0.4) is 0 Å². The topological polar surface area (TPSA) is 199 Å². The Morgan fingerprint density at radius 3 is 1.92 bits per heavy atom. The SMILES string of the molecule is OCC(O)C1OC(OOCC(O)C2OC(O)C(O)C2O)C(O)C1O. The molecule has 0 aliphatic carbocycles. The summed E-state index contributed by atoms with van der Waals surface area (Å²) in [5, 5.41) is 75.5. The summed E-state index contributed by atoms with van der Waals surface area (Å²) in [6.45, 7) is -1.29. The molecule has 0 aromatic rings. The van der Waals surface area contributed by atoms with Crippen molar-refractivity contribution in [2.24, 2.45) is 0 Å². The van der Waals surface area contributed by atoms with E-state index in [1.54, 1.807) is 0 Å². The third-order valence-corrected chi connectivity index (χ3v) is 3.88. The third-order valence-electron chi connectivity index (χ3n) is 3.88. The molecule has 2 fully saturated rings. The summed E-state index contributed by atoms with van der Waals surface area (Å²) in [7, 11) is 0. The molecule has 8 N–H and O–H groups in total. The molecule has 0 spiro atoms. The fourth-order valence-corrected chi connectivity index (χ4v) is 2.45. The average molecular weight is 358 g/mol. The van der Waals surface area contributed by atoms with Crippen LogP contribution >= 0.6 is 0 Å². The van der Waals surface area contributed by atoms with Gasteiger partial charge in [-0.2, -0.15) is 0 Å². The normalized spacial score (nSPS) is 45.5. The van der Waals surface area contributed by atoms with Crippen molar-refractivity contribution < 1.29 is 60.1 Å². The first-order valence-electron chi connectivity index (χ1n) is 7.24. The quantitative estimate of drug-likeness (QED) is 0.159. The van der Waals surface area contributed by atoms with Crippen molar-refractivity contribution in [3.8, 4) is 0 Å². The summed E-state index contributed by atoms with van der Waals surface area (Å²) in [6.07, 6.45) is -15.0. The molecule has 2 aliphatic heterocycles. The van der Waals surface area contributed by atoms with E-state index < -0.39 is 74.6 Å². The van der Waals surface area contributed by atoms with Gasteiger partial charge in [-0.1, -0.05) is 0 Å². The maximum Gasteiger partial charge on any atom is 0.220 e. The molecule has 0 radical (unpaired) electrons. The summed E-state index contributed by atoms with van der Waals surface area (Å²) in [4.78, 5) is 9.33. The van der Waals surface area contributed by atoms with E-state index in [9.17, 15) is 35.7 Å². The van der Waals surface area contributed by atoms with Crippen LogP contribution in [0, 0.1) is 0 Å². The Labute approximate surface area is 135 Å². The minimum Gasteiger partial charge on any atom is -0.394 e. The molecule has 2 saturated heterocycles. The van der Waals surface area contributed by atoms with Crippen LogP contribution in [0.25, 0.3) is 0 Å². The monoisotopic (exact) mass is 358 g/mol. The van der Waals surface area contributed by atoms with Crippen LogP contribution in [0.5, 0.6) is 0 Å². The van der Waals surface area contributed by atoms with Crippen LogP contribution in [0.1, 0.15) is 0 Å². The molecule has 0 bridgehead atoms. The van der Waals surface area contributed by atoms with E-state index in [4.69, 9.17) is 14.6 Å². The van der Waals surface area contributed by atoms with Gasteiger partial charge in [0.2, 0.25) is 6.29 Å². The number of ether oxygens (including phenoxy) is 2. The largest absolute Gasteiger partial charge is 0.394 e. The molecular weight excluding hydrogens is 336 g/mol. The lowest BCUT2D eigenvalue weighted by atomic mass is 10.1. The molecule has 0 aromatic carbocycles. The molecular formula is C12H22O12. The fraction of sp³-hybridized carbons (Fsp3) is 1.00. The fourth-order valence-electron chi connectivity index (χ4n) is 2.45. The first-order valence-corrected chi connectivity index (χ1v) is 7.24. The lowest BCUT2D eigenvalue weighted by molar-refractivity contribution is -0.394. The van der Waals surface area contributed by atoms with Crippen molar-refractivity contribution >= 4 is 0 Å². The van der Waals surface area contributed by atoms with Crippen LogP contribution in [-0.4, -0.2) is 115 Å². The van der Waals surface area contributed by atoms with Gasteiger partial charge in [0, 0.05) is 0 Å². The van der Waals surface area contributed by atoms with Crippen LogP contribution in [0.2, 0.25) is 0 Å². The van der Waals surface area contributed by atoms with Crippen LogP contribution in [-0.2, 0) is 19.2 Å². The number of aliphatic hydroxyl groups is 8. The summed E-state index contributed by atoms with van der Waals surface area (Å²) in [5.74, 6) is 0. The van der Waals surface area contributed by atoms with Gasteiger partial charge >= 0.3 is 0 Å². The molecule has 24 heavy (non-hydrogen) atoms.